The SMILES string of the molecule is O=C(CCC/C=C\C[C@@H]1[C@@H](CC[C@@H](O)COc2cccc(C(F)(F)F)c2)[C@H](O)C[C@@H]1O)OCc1cccc(CO[N+](=O)[O-])c1. The molecule has 10 nitrogen and oxygen atoms in total. The zero-order valence-electron chi connectivity index (χ0n) is 24.1. The molecular formula is C31H38F3NO9. The van der Waals surface area contributed by atoms with Crippen LogP contribution in [-0.4, -0.2) is 51.3 Å². The minimum absolute atomic E-state index is 0.000735. The van der Waals surface area contributed by atoms with Crippen molar-refractivity contribution in [3.05, 3.63) is 87.5 Å². The van der Waals surface area contributed by atoms with E-state index in [1.54, 1.807) is 24.3 Å². The van der Waals surface area contributed by atoms with Crippen molar-refractivity contribution in [2.75, 3.05) is 6.61 Å². The first-order chi connectivity index (χ1) is 20.9. The quantitative estimate of drug-likeness (QED) is 0.0713. The van der Waals surface area contributed by atoms with Gasteiger partial charge in [0.25, 0.3) is 5.09 Å². The van der Waals surface area contributed by atoms with E-state index in [0.29, 0.717) is 36.8 Å². The molecule has 0 saturated heterocycles. The van der Waals surface area contributed by atoms with Crippen molar-refractivity contribution < 1.29 is 52.7 Å². The fourth-order valence-electron chi connectivity index (χ4n) is 5.24. The summed E-state index contributed by atoms with van der Waals surface area (Å²) in [5, 5.41) is 40.7. The van der Waals surface area contributed by atoms with Gasteiger partial charge < -0.3 is 29.6 Å². The van der Waals surface area contributed by atoms with Gasteiger partial charge in [-0.15, -0.1) is 10.1 Å². The Morgan fingerprint density at radius 1 is 1.05 bits per heavy atom. The predicted molar refractivity (Wildman–Crippen MR) is 151 cm³/mol. The Morgan fingerprint density at radius 3 is 2.48 bits per heavy atom. The fraction of sp³-hybridized carbons (Fsp3) is 0.516. The molecular weight excluding hydrogens is 587 g/mol. The molecule has 1 aliphatic carbocycles. The minimum Gasteiger partial charge on any atom is -0.491 e. The first kappa shape index (κ1) is 34.8. The third kappa shape index (κ3) is 11.8. The van der Waals surface area contributed by atoms with Gasteiger partial charge in [-0.25, -0.2) is 0 Å². The van der Waals surface area contributed by atoms with Crippen LogP contribution in [0.1, 0.15) is 61.6 Å². The highest BCUT2D eigenvalue weighted by Crippen LogP contribution is 2.38. The Balaban J connectivity index is 1.34. The van der Waals surface area contributed by atoms with Gasteiger partial charge in [-0.3, -0.25) is 4.79 Å². The van der Waals surface area contributed by atoms with Crippen molar-refractivity contribution in [2.45, 2.75) is 82.6 Å². The molecule has 0 amide bonds. The van der Waals surface area contributed by atoms with Gasteiger partial charge in [0, 0.05) is 6.42 Å². The molecule has 5 atom stereocenters. The third-order valence-corrected chi connectivity index (χ3v) is 7.51. The smallest absolute Gasteiger partial charge is 0.416 e. The summed E-state index contributed by atoms with van der Waals surface area (Å²) in [5.74, 6) is -0.874. The lowest BCUT2D eigenvalue weighted by Gasteiger charge is -2.23. The number of halogens is 3. The van der Waals surface area contributed by atoms with E-state index >= 15 is 0 Å². The number of hydrogen-bond acceptors (Lipinski definition) is 9. The lowest BCUT2D eigenvalue weighted by atomic mass is 9.86. The number of aliphatic hydroxyl groups is 3. The third-order valence-electron chi connectivity index (χ3n) is 7.51. The largest absolute Gasteiger partial charge is 0.491 e. The zero-order chi connectivity index (χ0) is 32.1. The number of benzene rings is 2. The van der Waals surface area contributed by atoms with Gasteiger partial charge in [-0.2, -0.15) is 13.2 Å². The van der Waals surface area contributed by atoms with E-state index in [1.807, 2.05) is 12.2 Å². The Hall–Kier alpha value is -3.68. The second-order valence-corrected chi connectivity index (χ2v) is 10.8. The first-order valence-corrected chi connectivity index (χ1v) is 14.4. The molecule has 1 fully saturated rings. The lowest BCUT2D eigenvalue weighted by Crippen LogP contribution is -2.25. The minimum atomic E-state index is -4.50. The molecule has 1 aliphatic rings. The highest BCUT2D eigenvalue weighted by molar-refractivity contribution is 5.69. The van der Waals surface area contributed by atoms with Crippen LogP contribution in [0.15, 0.2) is 60.7 Å². The molecule has 0 aliphatic heterocycles. The summed E-state index contributed by atoms with van der Waals surface area (Å²) in [6.45, 7) is -0.358. The average molecular weight is 626 g/mol. The van der Waals surface area contributed by atoms with Crippen LogP contribution in [0.25, 0.3) is 0 Å². The van der Waals surface area contributed by atoms with E-state index in [4.69, 9.17) is 9.47 Å². The molecule has 0 heterocycles. The molecule has 3 rings (SSSR count). The van der Waals surface area contributed by atoms with E-state index < -0.39 is 35.1 Å². The molecule has 2 aromatic rings. The van der Waals surface area contributed by atoms with E-state index in [0.717, 1.165) is 12.1 Å². The van der Waals surface area contributed by atoms with E-state index in [-0.39, 0.29) is 62.6 Å². The number of carbonyl (C=O) groups excluding carboxylic acids is 1. The van der Waals surface area contributed by atoms with Gasteiger partial charge in [0.1, 0.15) is 25.6 Å². The highest BCUT2D eigenvalue weighted by Gasteiger charge is 2.40. The Bertz CT molecular complexity index is 1240. The van der Waals surface area contributed by atoms with Gasteiger partial charge in [0.15, 0.2) is 0 Å². The van der Waals surface area contributed by atoms with E-state index in [2.05, 4.69) is 4.84 Å². The van der Waals surface area contributed by atoms with Crippen LogP contribution in [0.4, 0.5) is 13.2 Å². The molecule has 3 N–H and O–H groups in total. The standard InChI is InChI=1S/C31H38F3NO9/c32-31(33,34)23-9-6-10-25(16-23)42-20-24(36)13-14-27-26(28(37)17-29(27)38)11-3-1-2-4-12-30(39)43-18-21-7-5-8-22(15-21)19-44-35(40)41/h1,3,5-10,15-16,24,26-29,36-38H,2,4,11-14,17-20H2/b3-1-/t24-,26-,27-,28+,29-/m1/s1. The molecule has 0 radical (unpaired) electrons. The maximum Gasteiger partial charge on any atom is 0.416 e. The predicted octanol–water partition coefficient (Wildman–Crippen LogP) is 5.15. The summed E-state index contributed by atoms with van der Waals surface area (Å²) in [4.78, 5) is 26.8. The van der Waals surface area contributed by atoms with Gasteiger partial charge >= 0.3 is 12.1 Å². The maximum atomic E-state index is 12.9. The second-order valence-electron chi connectivity index (χ2n) is 10.8. The number of aliphatic hydroxyl groups excluding tert-OH is 3. The first-order valence-electron chi connectivity index (χ1n) is 14.4. The molecule has 242 valence electrons. The van der Waals surface area contributed by atoms with Crippen LogP contribution in [0, 0.1) is 22.0 Å². The monoisotopic (exact) mass is 625 g/mol. The summed E-state index contributed by atoms with van der Waals surface area (Å²) in [6.07, 6.45) is -0.398. The number of rotatable bonds is 17. The number of carbonyl (C=O) groups is 1. The molecule has 1 saturated carbocycles. The lowest BCUT2D eigenvalue weighted by molar-refractivity contribution is -0.763. The van der Waals surface area contributed by atoms with Crippen molar-refractivity contribution in [1.82, 2.24) is 0 Å². The van der Waals surface area contributed by atoms with Crippen molar-refractivity contribution in [1.29, 1.82) is 0 Å². The number of alkyl halides is 3. The van der Waals surface area contributed by atoms with Gasteiger partial charge in [0.05, 0.1) is 23.9 Å². The maximum absolute atomic E-state index is 12.9. The van der Waals surface area contributed by atoms with Crippen LogP contribution < -0.4 is 4.74 Å². The summed E-state index contributed by atoms with van der Waals surface area (Å²) in [5.41, 5.74) is 0.429. The summed E-state index contributed by atoms with van der Waals surface area (Å²) in [6, 6.07) is 11.2. The highest BCUT2D eigenvalue weighted by atomic mass is 19.4. The zero-order valence-corrected chi connectivity index (χ0v) is 24.1. The van der Waals surface area contributed by atoms with Gasteiger partial charge in [-0.1, -0.05) is 42.5 Å². The summed E-state index contributed by atoms with van der Waals surface area (Å²) < 4.78 is 49.3. The number of allylic oxidation sites excluding steroid dienone is 2. The van der Waals surface area contributed by atoms with Crippen LogP contribution >= 0.6 is 0 Å². The van der Waals surface area contributed by atoms with Crippen LogP contribution in [0.2, 0.25) is 0 Å². The van der Waals surface area contributed by atoms with Crippen LogP contribution in [0.3, 0.4) is 0 Å². The Morgan fingerprint density at radius 2 is 1.75 bits per heavy atom. The van der Waals surface area contributed by atoms with E-state index in [1.165, 1.54) is 12.1 Å². The Kier molecular flexibility index (Phi) is 13.4. The number of ether oxygens (including phenoxy) is 2. The normalized spacial score (nSPS) is 20.9. The number of nitrogens with zero attached hydrogens (tertiary/aromatic N) is 1. The average Bonchev–Trinajstić information content (AvgIpc) is 3.25. The number of unbranched alkanes of at least 4 members (excludes halogenated alkanes) is 1. The van der Waals surface area contributed by atoms with Crippen molar-refractivity contribution in [2.24, 2.45) is 11.8 Å². The fourth-order valence-corrected chi connectivity index (χ4v) is 5.24. The van der Waals surface area contributed by atoms with Crippen molar-refractivity contribution in [3.63, 3.8) is 0 Å². The van der Waals surface area contributed by atoms with Crippen LogP contribution in [0.5, 0.6) is 5.75 Å². The summed E-state index contributed by atoms with van der Waals surface area (Å²) in [7, 11) is 0. The molecule has 0 unspecified atom stereocenters. The Labute approximate surface area is 253 Å². The molecule has 0 aromatic heterocycles. The van der Waals surface area contributed by atoms with Crippen molar-refractivity contribution >= 4 is 5.97 Å². The van der Waals surface area contributed by atoms with E-state index in [9.17, 15) is 43.4 Å². The van der Waals surface area contributed by atoms with Gasteiger partial charge in [0.2, 0.25) is 0 Å². The van der Waals surface area contributed by atoms with Crippen molar-refractivity contribution in [3.8, 4) is 5.75 Å². The van der Waals surface area contributed by atoms with Crippen LogP contribution in [-0.2, 0) is 33.8 Å². The molecule has 2 aromatic carbocycles. The second kappa shape index (κ2) is 17.0. The molecule has 0 spiro atoms. The molecule has 44 heavy (non-hydrogen) atoms. The topological polar surface area (TPSA) is 149 Å². The molecule has 13 heteroatoms. The number of hydrogen-bond donors (Lipinski definition) is 3. The van der Waals surface area contributed by atoms with Gasteiger partial charge in [-0.05, 0) is 79.7 Å². The summed E-state index contributed by atoms with van der Waals surface area (Å²) >= 11 is 0. The molecule has 0 bridgehead atoms. The number of esters is 1.